The van der Waals surface area contributed by atoms with Crippen LogP contribution in [0.5, 0.6) is 0 Å². The highest BCUT2D eigenvalue weighted by atomic mass is 32.1. The molecule has 80 valence electrons. The van der Waals surface area contributed by atoms with Gasteiger partial charge in [0.1, 0.15) is 0 Å². The summed E-state index contributed by atoms with van der Waals surface area (Å²) in [5.74, 6) is 0. The summed E-state index contributed by atoms with van der Waals surface area (Å²) in [6, 6.07) is 0. The first-order valence-electron chi connectivity index (χ1n) is 5.84. The fraction of sp³-hybridized carbons (Fsp3) is 1.00. The monoisotopic (exact) mass is 202 g/mol. The number of thiol groups is 1. The maximum Gasteiger partial charge on any atom is 0.00987 e. The van der Waals surface area contributed by atoms with Gasteiger partial charge in [-0.15, -0.1) is 0 Å². The van der Waals surface area contributed by atoms with Crippen LogP contribution in [-0.2, 0) is 0 Å². The average Bonchev–Trinajstić information content (AvgIpc) is 2.11. The van der Waals surface area contributed by atoms with E-state index in [0.717, 1.165) is 0 Å². The molecule has 0 aromatic carbocycles. The zero-order valence-corrected chi connectivity index (χ0v) is 10.5. The molecule has 0 saturated heterocycles. The molecule has 13 heavy (non-hydrogen) atoms. The smallest absolute Gasteiger partial charge is 0.00987 e. The zero-order valence-electron chi connectivity index (χ0n) is 9.60. The highest BCUT2D eigenvalue weighted by Crippen LogP contribution is 2.25. The second kappa shape index (κ2) is 7.73. The number of hydrogen-bond acceptors (Lipinski definition) is 1. The van der Waals surface area contributed by atoms with Crippen LogP contribution in [0.3, 0.4) is 0 Å². The topological polar surface area (TPSA) is 0 Å². The standard InChI is InChI=1S/C12H26S/c1-4-6-7-8-9-10-11-12(3,13)5-2/h13H,4-11H2,1-3H3. The maximum atomic E-state index is 4.63. The molecule has 0 bridgehead atoms. The van der Waals surface area contributed by atoms with Crippen molar-refractivity contribution < 1.29 is 0 Å². The van der Waals surface area contributed by atoms with Gasteiger partial charge in [-0.3, -0.25) is 0 Å². The molecule has 0 saturated carbocycles. The van der Waals surface area contributed by atoms with Crippen molar-refractivity contribution in [2.24, 2.45) is 0 Å². The van der Waals surface area contributed by atoms with Gasteiger partial charge in [0.2, 0.25) is 0 Å². The molecule has 0 nitrogen and oxygen atoms in total. The Labute approximate surface area is 89.9 Å². The van der Waals surface area contributed by atoms with E-state index < -0.39 is 0 Å². The summed E-state index contributed by atoms with van der Waals surface area (Å²) < 4.78 is 0.282. The van der Waals surface area contributed by atoms with Crippen molar-refractivity contribution in [3.05, 3.63) is 0 Å². The van der Waals surface area contributed by atoms with Gasteiger partial charge in [0.25, 0.3) is 0 Å². The summed E-state index contributed by atoms with van der Waals surface area (Å²) >= 11 is 4.63. The molecule has 0 spiro atoms. The van der Waals surface area contributed by atoms with Crippen LogP contribution < -0.4 is 0 Å². The van der Waals surface area contributed by atoms with Crippen molar-refractivity contribution in [1.29, 1.82) is 0 Å². The van der Waals surface area contributed by atoms with Crippen LogP contribution in [0.1, 0.15) is 72.1 Å². The van der Waals surface area contributed by atoms with Gasteiger partial charge in [-0.2, -0.15) is 12.6 Å². The zero-order chi connectivity index (χ0) is 10.2. The molecule has 1 heteroatoms. The molecule has 0 radical (unpaired) electrons. The van der Waals surface area contributed by atoms with Gasteiger partial charge in [-0.25, -0.2) is 0 Å². The summed E-state index contributed by atoms with van der Waals surface area (Å²) in [7, 11) is 0. The van der Waals surface area contributed by atoms with E-state index in [2.05, 4.69) is 33.4 Å². The minimum absolute atomic E-state index is 0.282. The van der Waals surface area contributed by atoms with Crippen molar-refractivity contribution in [3.63, 3.8) is 0 Å². The van der Waals surface area contributed by atoms with E-state index in [9.17, 15) is 0 Å². The van der Waals surface area contributed by atoms with Crippen LogP contribution >= 0.6 is 12.6 Å². The normalized spacial score (nSPS) is 15.7. The molecule has 0 aliphatic heterocycles. The predicted octanol–water partition coefficient (Wildman–Crippen LogP) is 4.84. The Morgan fingerprint density at radius 3 is 2.00 bits per heavy atom. The van der Waals surface area contributed by atoms with Crippen LogP contribution in [0.4, 0.5) is 0 Å². The molecule has 0 aromatic heterocycles. The van der Waals surface area contributed by atoms with E-state index in [-0.39, 0.29) is 4.75 Å². The molecule has 0 aromatic rings. The quantitative estimate of drug-likeness (QED) is 0.423. The van der Waals surface area contributed by atoms with Gasteiger partial charge in [0, 0.05) is 4.75 Å². The SMILES string of the molecule is CCCCCCCCC(C)(S)CC. The van der Waals surface area contributed by atoms with E-state index in [1.807, 2.05) is 0 Å². The van der Waals surface area contributed by atoms with Crippen LogP contribution in [0.2, 0.25) is 0 Å². The molecule has 0 rings (SSSR count). The van der Waals surface area contributed by atoms with Crippen LogP contribution in [0.25, 0.3) is 0 Å². The first-order chi connectivity index (χ1) is 6.12. The highest BCUT2D eigenvalue weighted by Gasteiger charge is 2.14. The lowest BCUT2D eigenvalue weighted by molar-refractivity contribution is 0.511. The summed E-state index contributed by atoms with van der Waals surface area (Å²) in [5.41, 5.74) is 0. The molecule has 0 fully saturated rings. The van der Waals surface area contributed by atoms with Gasteiger partial charge in [0.05, 0.1) is 0 Å². The summed E-state index contributed by atoms with van der Waals surface area (Å²) in [6.07, 6.45) is 10.8. The fourth-order valence-electron chi connectivity index (χ4n) is 1.46. The predicted molar refractivity (Wildman–Crippen MR) is 65.7 cm³/mol. The molecule has 1 unspecified atom stereocenters. The van der Waals surface area contributed by atoms with Gasteiger partial charge < -0.3 is 0 Å². The van der Waals surface area contributed by atoms with E-state index in [1.165, 1.54) is 51.4 Å². The van der Waals surface area contributed by atoms with Crippen LogP contribution in [0, 0.1) is 0 Å². The summed E-state index contributed by atoms with van der Waals surface area (Å²) in [5, 5.41) is 0. The lowest BCUT2D eigenvalue weighted by Crippen LogP contribution is -2.14. The molecular formula is C12H26S. The summed E-state index contributed by atoms with van der Waals surface area (Å²) in [4.78, 5) is 0. The molecular weight excluding hydrogens is 176 g/mol. The Bertz CT molecular complexity index is 108. The van der Waals surface area contributed by atoms with Gasteiger partial charge >= 0.3 is 0 Å². The Balaban J connectivity index is 3.16. The highest BCUT2D eigenvalue weighted by molar-refractivity contribution is 7.81. The Morgan fingerprint density at radius 2 is 1.46 bits per heavy atom. The minimum Gasteiger partial charge on any atom is -0.173 e. The van der Waals surface area contributed by atoms with E-state index >= 15 is 0 Å². The third-order valence-electron chi connectivity index (χ3n) is 2.83. The van der Waals surface area contributed by atoms with E-state index in [4.69, 9.17) is 0 Å². The van der Waals surface area contributed by atoms with Gasteiger partial charge in [-0.05, 0) is 12.8 Å². The second-order valence-corrected chi connectivity index (χ2v) is 5.45. The van der Waals surface area contributed by atoms with Gasteiger partial charge in [0.15, 0.2) is 0 Å². The van der Waals surface area contributed by atoms with E-state index in [0.29, 0.717) is 0 Å². The number of rotatable bonds is 8. The molecule has 0 N–H and O–H groups in total. The van der Waals surface area contributed by atoms with Crippen molar-refractivity contribution in [2.45, 2.75) is 76.9 Å². The first kappa shape index (κ1) is 13.4. The fourth-order valence-corrected chi connectivity index (χ4v) is 1.62. The van der Waals surface area contributed by atoms with Crippen LogP contribution in [0.15, 0.2) is 0 Å². The van der Waals surface area contributed by atoms with Crippen LogP contribution in [-0.4, -0.2) is 4.75 Å². The van der Waals surface area contributed by atoms with Crippen molar-refractivity contribution >= 4 is 12.6 Å². The van der Waals surface area contributed by atoms with Crippen molar-refractivity contribution in [3.8, 4) is 0 Å². The van der Waals surface area contributed by atoms with Gasteiger partial charge in [-0.1, -0.05) is 59.3 Å². The largest absolute Gasteiger partial charge is 0.173 e. The Morgan fingerprint density at radius 1 is 0.923 bits per heavy atom. The molecule has 0 aliphatic carbocycles. The molecule has 0 amide bonds. The third kappa shape index (κ3) is 8.67. The Hall–Kier alpha value is 0.350. The third-order valence-corrected chi connectivity index (χ3v) is 3.37. The molecule has 1 atom stereocenters. The minimum atomic E-state index is 0.282. The van der Waals surface area contributed by atoms with E-state index in [1.54, 1.807) is 0 Å². The summed E-state index contributed by atoms with van der Waals surface area (Å²) in [6.45, 7) is 6.74. The molecule has 0 heterocycles. The lowest BCUT2D eigenvalue weighted by atomic mass is 9.99. The van der Waals surface area contributed by atoms with Crippen molar-refractivity contribution in [2.75, 3.05) is 0 Å². The number of hydrogen-bond donors (Lipinski definition) is 1. The first-order valence-corrected chi connectivity index (χ1v) is 6.29. The lowest BCUT2D eigenvalue weighted by Gasteiger charge is -2.20. The average molecular weight is 202 g/mol. The maximum absolute atomic E-state index is 4.63. The van der Waals surface area contributed by atoms with Crippen molar-refractivity contribution in [1.82, 2.24) is 0 Å². The Kier molecular flexibility index (Phi) is 7.93. The number of unbranched alkanes of at least 4 members (excludes halogenated alkanes) is 5. The second-order valence-electron chi connectivity index (χ2n) is 4.37. The molecule has 0 aliphatic rings.